The average Bonchev–Trinajstić information content (AvgIpc) is 2.43. The van der Waals surface area contributed by atoms with Crippen LogP contribution in [0.5, 0.6) is 0 Å². The van der Waals surface area contributed by atoms with Gasteiger partial charge in [-0.3, -0.25) is 4.72 Å². The quantitative estimate of drug-likeness (QED) is 0.817. The molecule has 0 aliphatic rings. The summed E-state index contributed by atoms with van der Waals surface area (Å²) in [4.78, 5) is 0.0656. The van der Waals surface area contributed by atoms with Gasteiger partial charge in [0.25, 0.3) is 10.0 Å². The summed E-state index contributed by atoms with van der Waals surface area (Å²) in [5.74, 6) is 0. The van der Waals surface area contributed by atoms with E-state index >= 15 is 0 Å². The predicted molar refractivity (Wildman–Crippen MR) is 85.3 cm³/mol. The van der Waals surface area contributed by atoms with Crippen molar-refractivity contribution in [3.63, 3.8) is 0 Å². The SMILES string of the molecule is Cc1ccc(C#N)cc1S(=O)(=O)Nc1cc(N)ccc1Br. The van der Waals surface area contributed by atoms with Crippen molar-refractivity contribution >= 4 is 37.3 Å². The van der Waals surface area contributed by atoms with Crippen LogP contribution in [0.4, 0.5) is 11.4 Å². The van der Waals surface area contributed by atoms with E-state index in [1.807, 2.05) is 6.07 Å². The second-order valence-electron chi connectivity index (χ2n) is 4.44. The van der Waals surface area contributed by atoms with Crippen LogP contribution in [0.3, 0.4) is 0 Å². The number of nitrogens with two attached hydrogens (primary N) is 1. The van der Waals surface area contributed by atoms with Gasteiger partial charge < -0.3 is 5.73 Å². The maximum Gasteiger partial charge on any atom is 0.262 e. The Balaban J connectivity index is 2.48. The third kappa shape index (κ3) is 3.35. The van der Waals surface area contributed by atoms with E-state index in [2.05, 4.69) is 20.7 Å². The molecule has 0 fully saturated rings. The Morgan fingerprint density at radius 1 is 1.24 bits per heavy atom. The fourth-order valence-electron chi connectivity index (χ4n) is 1.78. The van der Waals surface area contributed by atoms with Crippen molar-refractivity contribution in [1.29, 1.82) is 5.26 Å². The van der Waals surface area contributed by atoms with Crippen molar-refractivity contribution in [3.05, 3.63) is 52.0 Å². The molecule has 0 amide bonds. The number of nitrogens with zero attached hydrogens (tertiary/aromatic N) is 1. The molecule has 0 unspecified atom stereocenters. The maximum atomic E-state index is 12.5. The largest absolute Gasteiger partial charge is 0.399 e. The summed E-state index contributed by atoms with van der Waals surface area (Å²) < 4.78 is 28.0. The minimum atomic E-state index is -3.80. The highest BCUT2D eigenvalue weighted by Gasteiger charge is 2.19. The minimum Gasteiger partial charge on any atom is -0.399 e. The van der Waals surface area contributed by atoms with Gasteiger partial charge in [0.2, 0.25) is 0 Å². The van der Waals surface area contributed by atoms with Crippen molar-refractivity contribution < 1.29 is 8.42 Å². The van der Waals surface area contributed by atoms with Gasteiger partial charge in [-0.25, -0.2) is 8.42 Å². The van der Waals surface area contributed by atoms with E-state index in [0.717, 1.165) is 0 Å². The molecule has 0 saturated carbocycles. The molecule has 0 aliphatic carbocycles. The van der Waals surface area contributed by atoms with E-state index < -0.39 is 10.0 Å². The number of benzene rings is 2. The molecule has 0 heterocycles. The molecule has 0 radical (unpaired) electrons. The predicted octanol–water partition coefficient (Wildman–Crippen LogP) is 3.01. The third-order valence-electron chi connectivity index (χ3n) is 2.84. The normalized spacial score (nSPS) is 10.9. The first-order valence-electron chi connectivity index (χ1n) is 5.92. The smallest absolute Gasteiger partial charge is 0.262 e. The Kier molecular flexibility index (Phi) is 4.21. The molecule has 3 N–H and O–H groups in total. The van der Waals surface area contributed by atoms with Gasteiger partial charge in [0.1, 0.15) is 0 Å². The lowest BCUT2D eigenvalue weighted by molar-refractivity contribution is 0.600. The zero-order valence-corrected chi connectivity index (χ0v) is 13.5. The Labute approximate surface area is 131 Å². The van der Waals surface area contributed by atoms with Gasteiger partial charge in [0.05, 0.1) is 22.2 Å². The number of anilines is 2. The van der Waals surface area contributed by atoms with E-state index in [4.69, 9.17) is 11.0 Å². The number of sulfonamides is 1. The topological polar surface area (TPSA) is 96.0 Å². The highest BCUT2D eigenvalue weighted by atomic mass is 79.9. The van der Waals surface area contributed by atoms with Gasteiger partial charge in [-0.1, -0.05) is 6.07 Å². The molecule has 2 aromatic carbocycles. The van der Waals surface area contributed by atoms with Gasteiger partial charge >= 0.3 is 0 Å². The summed E-state index contributed by atoms with van der Waals surface area (Å²) >= 11 is 3.27. The average molecular weight is 366 g/mol. The summed E-state index contributed by atoms with van der Waals surface area (Å²) in [6.07, 6.45) is 0. The van der Waals surface area contributed by atoms with Crippen molar-refractivity contribution in [2.75, 3.05) is 10.5 Å². The summed E-state index contributed by atoms with van der Waals surface area (Å²) in [7, 11) is -3.80. The van der Waals surface area contributed by atoms with Crippen LogP contribution >= 0.6 is 15.9 Å². The van der Waals surface area contributed by atoms with Crippen LogP contribution in [-0.4, -0.2) is 8.42 Å². The molecule has 2 aromatic rings. The molecule has 0 saturated heterocycles. The van der Waals surface area contributed by atoms with Crippen molar-refractivity contribution in [3.8, 4) is 6.07 Å². The van der Waals surface area contributed by atoms with Gasteiger partial charge in [-0.2, -0.15) is 5.26 Å². The van der Waals surface area contributed by atoms with E-state index in [1.165, 1.54) is 12.1 Å². The highest BCUT2D eigenvalue weighted by Crippen LogP contribution is 2.28. The van der Waals surface area contributed by atoms with Crippen LogP contribution in [0.1, 0.15) is 11.1 Å². The van der Waals surface area contributed by atoms with Crippen LogP contribution in [0.2, 0.25) is 0 Å². The van der Waals surface area contributed by atoms with Gasteiger partial charge in [0, 0.05) is 10.2 Å². The molecule has 0 bridgehead atoms. The van der Waals surface area contributed by atoms with Crippen molar-refractivity contribution in [2.24, 2.45) is 0 Å². The van der Waals surface area contributed by atoms with Crippen molar-refractivity contribution in [2.45, 2.75) is 11.8 Å². The molecular weight excluding hydrogens is 354 g/mol. The summed E-state index contributed by atoms with van der Waals surface area (Å²) in [6.45, 7) is 1.67. The molecule has 21 heavy (non-hydrogen) atoms. The lowest BCUT2D eigenvalue weighted by Crippen LogP contribution is -2.15. The van der Waals surface area contributed by atoms with Crippen LogP contribution in [-0.2, 0) is 10.0 Å². The van der Waals surface area contributed by atoms with E-state index in [1.54, 1.807) is 31.2 Å². The van der Waals surface area contributed by atoms with E-state index in [0.29, 0.717) is 21.4 Å². The highest BCUT2D eigenvalue weighted by molar-refractivity contribution is 9.10. The zero-order chi connectivity index (χ0) is 15.6. The van der Waals surface area contributed by atoms with E-state index in [9.17, 15) is 8.42 Å². The van der Waals surface area contributed by atoms with Gasteiger partial charge in [-0.15, -0.1) is 0 Å². The fraction of sp³-hybridized carbons (Fsp3) is 0.0714. The first kappa shape index (κ1) is 15.4. The maximum absolute atomic E-state index is 12.5. The summed E-state index contributed by atoms with van der Waals surface area (Å²) in [5, 5.41) is 8.90. The Bertz CT molecular complexity index is 842. The number of rotatable bonds is 3. The lowest BCUT2D eigenvalue weighted by Gasteiger charge is -2.12. The van der Waals surface area contributed by atoms with Gasteiger partial charge in [-0.05, 0) is 58.7 Å². The monoisotopic (exact) mass is 365 g/mol. The molecule has 0 spiro atoms. The minimum absolute atomic E-state index is 0.0656. The number of nitriles is 1. The molecule has 0 atom stereocenters. The zero-order valence-electron chi connectivity index (χ0n) is 11.1. The number of aryl methyl sites for hydroxylation is 1. The first-order chi connectivity index (χ1) is 9.83. The van der Waals surface area contributed by atoms with Crippen molar-refractivity contribution in [1.82, 2.24) is 0 Å². The molecule has 0 aromatic heterocycles. The molecule has 0 aliphatic heterocycles. The second kappa shape index (κ2) is 5.76. The van der Waals surface area contributed by atoms with Gasteiger partial charge in [0.15, 0.2) is 0 Å². The lowest BCUT2D eigenvalue weighted by atomic mass is 10.2. The summed E-state index contributed by atoms with van der Waals surface area (Å²) in [6, 6.07) is 11.3. The molecular formula is C14H12BrN3O2S. The second-order valence-corrected chi connectivity index (χ2v) is 6.94. The molecule has 108 valence electrons. The molecule has 7 heteroatoms. The van der Waals surface area contributed by atoms with Crippen LogP contribution in [0.25, 0.3) is 0 Å². The number of nitrogen functional groups attached to an aromatic ring is 1. The Morgan fingerprint density at radius 3 is 2.62 bits per heavy atom. The van der Waals surface area contributed by atoms with Crippen LogP contribution in [0.15, 0.2) is 45.8 Å². The van der Waals surface area contributed by atoms with Crippen LogP contribution < -0.4 is 10.5 Å². The van der Waals surface area contributed by atoms with Crippen LogP contribution in [0, 0.1) is 18.3 Å². The number of nitrogens with one attached hydrogen (secondary N) is 1. The first-order valence-corrected chi connectivity index (χ1v) is 8.20. The number of hydrogen-bond donors (Lipinski definition) is 2. The standard InChI is InChI=1S/C14H12BrN3O2S/c1-9-2-3-10(8-16)6-14(9)21(19,20)18-13-7-11(17)4-5-12(13)15/h2-7,18H,17H2,1H3. The fourth-order valence-corrected chi connectivity index (χ4v) is 3.60. The Morgan fingerprint density at radius 2 is 1.95 bits per heavy atom. The molecule has 2 rings (SSSR count). The summed E-state index contributed by atoms with van der Waals surface area (Å²) in [5.41, 5.74) is 7.29. The third-order valence-corrected chi connectivity index (χ3v) is 5.04. The molecule has 5 nitrogen and oxygen atoms in total. The Hall–Kier alpha value is -2.04. The number of halogens is 1. The number of hydrogen-bond acceptors (Lipinski definition) is 4. The van der Waals surface area contributed by atoms with E-state index in [-0.39, 0.29) is 10.5 Å².